The van der Waals surface area contributed by atoms with E-state index in [9.17, 15) is 9.18 Å². The first-order chi connectivity index (χ1) is 12.5. The zero-order chi connectivity index (χ0) is 18.9. The minimum Gasteiger partial charge on any atom is -0.384 e. The van der Waals surface area contributed by atoms with Gasteiger partial charge in [-0.1, -0.05) is 12.1 Å². The molecule has 27 heavy (non-hydrogen) atoms. The zero-order valence-electron chi connectivity index (χ0n) is 16.0. The maximum absolute atomic E-state index is 13.0. The van der Waals surface area contributed by atoms with Gasteiger partial charge >= 0.3 is 0 Å². The van der Waals surface area contributed by atoms with Crippen LogP contribution >= 0.6 is 24.0 Å². The van der Waals surface area contributed by atoms with E-state index in [0.29, 0.717) is 18.9 Å². The van der Waals surface area contributed by atoms with Crippen LogP contribution in [0.5, 0.6) is 0 Å². The predicted octanol–water partition coefficient (Wildman–Crippen LogP) is 2.02. The Bertz CT molecular complexity index is 612. The van der Waals surface area contributed by atoms with Crippen LogP contribution in [-0.4, -0.2) is 56.7 Å². The Morgan fingerprint density at radius 1 is 1.44 bits per heavy atom. The normalized spacial score (nSPS) is 18.1. The molecule has 1 aliphatic heterocycles. The van der Waals surface area contributed by atoms with Crippen LogP contribution in [0.15, 0.2) is 29.3 Å². The predicted molar refractivity (Wildman–Crippen MR) is 116 cm³/mol. The lowest BCUT2D eigenvalue weighted by molar-refractivity contribution is -0.121. The average Bonchev–Trinajstić information content (AvgIpc) is 3.07. The summed E-state index contributed by atoms with van der Waals surface area (Å²) in [6.07, 6.45) is 1.51. The number of methoxy groups -OCH3 is 1. The van der Waals surface area contributed by atoms with Crippen LogP contribution in [0, 0.1) is 17.7 Å². The van der Waals surface area contributed by atoms with Crippen molar-refractivity contribution in [3.63, 3.8) is 0 Å². The van der Waals surface area contributed by atoms with Crippen LogP contribution in [0.25, 0.3) is 0 Å². The highest BCUT2D eigenvalue weighted by Gasteiger charge is 2.25. The monoisotopic (exact) mass is 492 g/mol. The Kier molecular flexibility index (Phi) is 10.6. The molecule has 0 bridgehead atoms. The largest absolute Gasteiger partial charge is 0.384 e. The lowest BCUT2D eigenvalue weighted by Gasteiger charge is -2.22. The quantitative estimate of drug-likeness (QED) is 0.331. The molecule has 1 amide bonds. The Labute approximate surface area is 177 Å². The minimum absolute atomic E-state index is 0. The van der Waals surface area contributed by atoms with E-state index in [0.717, 1.165) is 44.2 Å². The van der Waals surface area contributed by atoms with Gasteiger partial charge in [-0.2, -0.15) is 0 Å². The number of ether oxygens (including phenoxy) is 1. The molecule has 2 unspecified atom stereocenters. The molecule has 6 nitrogen and oxygen atoms in total. The van der Waals surface area contributed by atoms with Gasteiger partial charge in [-0.3, -0.25) is 9.79 Å². The molecule has 8 heteroatoms. The van der Waals surface area contributed by atoms with Crippen LogP contribution in [0.1, 0.15) is 18.9 Å². The van der Waals surface area contributed by atoms with E-state index in [4.69, 9.17) is 10.5 Å². The number of halogens is 2. The second-order valence-corrected chi connectivity index (χ2v) is 6.68. The van der Waals surface area contributed by atoms with Gasteiger partial charge in [0.2, 0.25) is 5.91 Å². The van der Waals surface area contributed by atoms with Crippen molar-refractivity contribution in [3.8, 4) is 0 Å². The summed E-state index contributed by atoms with van der Waals surface area (Å²) < 4.78 is 18.3. The minimum atomic E-state index is -0.425. The van der Waals surface area contributed by atoms with Crippen molar-refractivity contribution in [1.29, 1.82) is 0 Å². The molecule has 1 heterocycles. The van der Waals surface area contributed by atoms with Crippen LogP contribution in [0.2, 0.25) is 0 Å². The Hall–Kier alpha value is -1.42. The Morgan fingerprint density at radius 3 is 2.74 bits per heavy atom. The van der Waals surface area contributed by atoms with Crippen molar-refractivity contribution in [2.75, 3.05) is 39.9 Å². The molecule has 3 N–H and O–H groups in total. The lowest BCUT2D eigenvalue weighted by atomic mass is 9.99. The van der Waals surface area contributed by atoms with Crippen LogP contribution in [0.4, 0.5) is 4.39 Å². The molecule has 0 aromatic heterocycles. The molecule has 2 rings (SSSR count). The van der Waals surface area contributed by atoms with Gasteiger partial charge in [0.15, 0.2) is 5.96 Å². The molecule has 1 aromatic carbocycles. The number of nitrogens with one attached hydrogen (secondary N) is 1. The fraction of sp³-hybridized carbons (Fsp3) is 0.579. The second kappa shape index (κ2) is 12.1. The van der Waals surface area contributed by atoms with E-state index in [2.05, 4.69) is 15.2 Å². The number of carbonyl (C=O) groups is 1. The highest BCUT2D eigenvalue weighted by Crippen LogP contribution is 2.17. The topological polar surface area (TPSA) is 79.9 Å². The maximum Gasteiger partial charge on any atom is 0.222 e. The molecule has 0 saturated carbocycles. The number of hydrogen-bond acceptors (Lipinski definition) is 3. The smallest absolute Gasteiger partial charge is 0.222 e. The van der Waals surface area contributed by atoms with Crippen molar-refractivity contribution in [2.45, 2.75) is 19.8 Å². The first-order valence-corrected chi connectivity index (χ1v) is 9.09. The molecule has 0 radical (unpaired) electrons. The molecule has 0 spiro atoms. The van der Waals surface area contributed by atoms with E-state index in [1.165, 1.54) is 12.1 Å². The van der Waals surface area contributed by atoms with Crippen molar-refractivity contribution >= 4 is 35.8 Å². The van der Waals surface area contributed by atoms with Gasteiger partial charge in [-0.15, -0.1) is 24.0 Å². The van der Waals surface area contributed by atoms with Gasteiger partial charge in [0.25, 0.3) is 0 Å². The van der Waals surface area contributed by atoms with Gasteiger partial charge in [0.05, 0.1) is 19.1 Å². The zero-order valence-corrected chi connectivity index (χ0v) is 18.3. The van der Waals surface area contributed by atoms with Crippen molar-refractivity contribution < 1.29 is 13.9 Å². The summed E-state index contributed by atoms with van der Waals surface area (Å²) in [6.45, 7) is 5.62. The molecule has 0 aliphatic carbocycles. The van der Waals surface area contributed by atoms with Gasteiger partial charge < -0.3 is 20.7 Å². The van der Waals surface area contributed by atoms with E-state index in [1.54, 1.807) is 19.2 Å². The maximum atomic E-state index is 13.0. The van der Waals surface area contributed by atoms with E-state index in [-0.39, 0.29) is 29.8 Å². The Morgan fingerprint density at radius 2 is 2.15 bits per heavy atom. The number of carbonyl (C=O) groups excluding carboxylic acids is 1. The number of amides is 1. The standard InChI is InChI=1S/C19H29FN4O2.HI/c1-3-22-19(24-9-8-15(12-24)13-26-2)23-11-16(18(21)25)10-14-4-6-17(20)7-5-14;/h4-7,15-16H,3,8-13H2,1-2H3,(H2,21,25)(H,22,23);1H. The molecular weight excluding hydrogens is 462 g/mol. The van der Waals surface area contributed by atoms with Crippen molar-refractivity contribution in [2.24, 2.45) is 22.6 Å². The number of primary amides is 1. The fourth-order valence-corrected chi connectivity index (χ4v) is 3.18. The average molecular weight is 492 g/mol. The second-order valence-electron chi connectivity index (χ2n) is 6.68. The molecule has 152 valence electrons. The molecule has 1 fully saturated rings. The van der Waals surface area contributed by atoms with Gasteiger partial charge in [-0.05, 0) is 37.5 Å². The number of guanidine groups is 1. The summed E-state index contributed by atoms with van der Waals surface area (Å²) in [4.78, 5) is 18.7. The third-order valence-corrected chi connectivity index (χ3v) is 4.58. The molecular formula is C19H30FIN4O2. The number of benzene rings is 1. The first-order valence-electron chi connectivity index (χ1n) is 9.09. The van der Waals surface area contributed by atoms with Gasteiger partial charge in [-0.25, -0.2) is 4.39 Å². The number of rotatable bonds is 8. The van der Waals surface area contributed by atoms with E-state index < -0.39 is 11.8 Å². The SMILES string of the molecule is CCNC(=NCC(Cc1ccc(F)cc1)C(N)=O)N1CCC(COC)C1.I. The summed E-state index contributed by atoms with van der Waals surface area (Å²) in [6, 6.07) is 6.13. The number of nitrogens with two attached hydrogens (primary N) is 1. The van der Waals surface area contributed by atoms with Gasteiger partial charge in [0.1, 0.15) is 5.82 Å². The van der Waals surface area contributed by atoms with Crippen molar-refractivity contribution in [1.82, 2.24) is 10.2 Å². The van der Waals surface area contributed by atoms with Crippen LogP contribution in [-0.2, 0) is 16.0 Å². The molecule has 2 atom stereocenters. The fourth-order valence-electron chi connectivity index (χ4n) is 3.18. The van der Waals surface area contributed by atoms with Crippen molar-refractivity contribution in [3.05, 3.63) is 35.6 Å². The summed E-state index contributed by atoms with van der Waals surface area (Å²) in [5, 5.41) is 3.29. The number of likely N-dealkylation sites (tertiary alicyclic amines) is 1. The highest BCUT2D eigenvalue weighted by molar-refractivity contribution is 14.0. The van der Waals surface area contributed by atoms with Gasteiger partial charge in [0, 0.05) is 32.7 Å². The third kappa shape index (κ3) is 7.61. The van der Waals surface area contributed by atoms with Crippen LogP contribution in [0.3, 0.4) is 0 Å². The number of hydrogen-bond donors (Lipinski definition) is 2. The Balaban J connectivity index is 0.00000364. The number of aliphatic imine (C=N–C) groups is 1. The lowest BCUT2D eigenvalue weighted by Crippen LogP contribution is -2.41. The summed E-state index contributed by atoms with van der Waals surface area (Å²) in [5.41, 5.74) is 6.43. The van der Waals surface area contributed by atoms with Crippen LogP contribution < -0.4 is 11.1 Å². The number of nitrogens with zero attached hydrogens (tertiary/aromatic N) is 2. The molecule has 1 saturated heterocycles. The first kappa shape index (κ1) is 23.6. The summed E-state index contributed by atoms with van der Waals surface area (Å²) in [5.74, 6) is 0.182. The van der Waals surface area contributed by atoms with E-state index in [1.807, 2.05) is 6.92 Å². The molecule has 1 aliphatic rings. The molecule has 1 aromatic rings. The van der Waals surface area contributed by atoms with E-state index >= 15 is 0 Å². The third-order valence-electron chi connectivity index (χ3n) is 4.58. The summed E-state index contributed by atoms with van der Waals surface area (Å²) in [7, 11) is 1.72. The highest BCUT2D eigenvalue weighted by atomic mass is 127. The summed E-state index contributed by atoms with van der Waals surface area (Å²) >= 11 is 0.